The maximum Gasteiger partial charge on any atom is 0.352 e. The number of hydrogen-bond donors (Lipinski definition) is 7. The molecule has 42 heavy (non-hydrogen) atoms. The number of oxime groups is 1. The Morgan fingerprint density at radius 3 is 2.69 bits per heavy atom. The van der Waals surface area contributed by atoms with Crippen molar-refractivity contribution in [3.63, 3.8) is 0 Å². The number of carboxylic acid groups (broad SMARTS) is 2. The van der Waals surface area contributed by atoms with E-state index in [1.807, 2.05) is 0 Å². The number of thioether (sulfide) groups is 1. The van der Waals surface area contributed by atoms with Gasteiger partial charge >= 0.3 is 11.9 Å². The zero-order valence-electron chi connectivity index (χ0n) is 22.6. The van der Waals surface area contributed by atoms with Crippen molar-refractivity contribution >= 4 is 69.2 Å². The van der Waals surface area contributed by atoms with Gasteiger partial charge in [-0.2, -0.15) is 0 Å². The fourth-order valence-electron chi connectivity index (χ4n) is 3.95. The zero-order valence-corrected chi connectivity index (χ0v) is 24.2. The number of quaternary nitrogens is 1. The van der Waals surface area contributed by atoms with Crippen molar-refractivity contribution in [2.75, 3.05) is 35.6 Å². The average molecular weight is 623 g/mol. The lowest BCUT2D eigenvalue weighted by Crippen LogP contribution is -2.71. The Morgan fingerprint density at radius 2 is 2.07 bits per heavy atom. The third kappa shape index (κ3) is 6.21. The molecule has 0 aromatic carbocycles. The molecule has 2 amide bonds. The van der Waals surface area contributed by atoms with E-state index in [9.17, 15) is 29.4 Å². The van der Waals surface area contributed by atoms with Gasteiger partial charge in [0.05, 0.1) is 13.1 Å². The number of rotatable bonds is 12. The van der Waals surface area contributed by atoms with Gasteiger partial charge in [0.1, 0.15) is 41.2 Å². The molecular formula is C23H30N10O7S2+2. The summed E-state index contributed by atoms with van der Waals surface area (Å²) in [6.45, 7) is 3.80. The monoisotopic (exact) mass is 622 g/mol. The van der Waals surface area contributed by atoms with Crippen LogP contribution in [0.15, 0.2) is 34.3 Å². The van der Waals surface area contributed by atoms with Crippen LogP contribution < -0.4 is 32.4 Å². The molecule has 224 valence electrons. The van der Waals surface area contributed by atoms with Crippen molar-refractivity contribution in [1.82, 2.24) is 20.2 Å². The minimum Gasteiger partial charge on any atom is -0.478 e. The van der Waals surface area contributed by atoms with Gasteiger partial charge in [-0.05, 0) is 18.8 Å². The molecule has 17 nitrogen and oxygen atoms in total. The number of carbonyl (C=O) groups is 4. The number of aromatic nitrogens is 3. The van der Waals surface area contributed by atoms with Gasteiger partial charge in [0.15, 0.2) is 10.8 Å². The predicted octanol–water partition coefficient (Wildman–Crippen LogP) is -2.33. The van der Waals surface area contributed by atoms with Gasteiger partial charge < -0.3 is 42.9 Å². The summed E-state index contributed by atoms with van der Waals surface area (Å²) in [5, 5.41) is 29.6. The summed E-state index contributed by atoms with van der Waals surface area (Å²) < 4.78 is 1.66. The first kappa shape index (κ1) is 30.5. The lowest BCUT2D eigenvalue weighted by atomic mass is 10.0. The number of aliphatic carboxylic acids is 2. The fourth-order valence-corrected chi connectivity index (χ4v) is 5.83. The average Bonchev–Trinajstić information content (AvgIpc) is 3.37. The Morgan fingerprint density at radius 1 is 1.33 bits per heavy atom. The highest BCUT2D eigenvalue weighted by atomic mass is 32.2. The number of anilines is 3. The van der Waals surface area contributed by atoms with Crippen LogP contribution in [0.1, 0.15) is 19.5 Å². The zero-order chi connectivity index (χ0) is 30.8. The standard InChI is InChI=1S/C23H28N10O7S2/c1-23(2,21(38)39)40-31-13(12-8-42-22(26)29-12)17(34)30-14-18(35)33-15(20(36)37)10(7-41-19(14)33)5-32-6-11(27-4-3-24)16(25)28-9-32/h6,8-9,14,19,25,27H,3-5,7,24H2,1-2H3,(H5,26,29,30,34,36,37,38,39)/p+2/b31-13-/t14-,19?/m1/s1. The summed E-state index contributed by atoms with van der Waals surface area (Å²) in [5.74, 6) is -3.61. The Hall–Kier alpha value is -4.49. The Bertz CT molecular complexity index is 1490. The van der Waals surface area contributed by atoms with Crippen LogP contribution >= 0.6 is 23.1 Å². The molecule has 0 bridgehead atoms. The summed E-state index contributed by atoms with van der Waals surface area (Å²) >= 11 is 2.29. The van der Waals surface area contributed by atoms with Gasteiger partial charge in [0.2, 0.25) is 5.60 Å². The van der Waals surface area contributed by atoms with E-state index >= 15 is 0 Å². The topological polar surface area (TPSA) is 267 Å². The number of amides is 2. The van der Waals surface area contributed by atoms with Crippen LogP contribution in [0.2, 0.25) is 0 Å². The van der Waals surface area contributed by atoms with E-state index in [-0.39, 0.29) is 34.6 Å². The summed E-state index contributed by atoms with van der Waals surface area (Å²) in [5.41, 5.74) is 14.1. The number of nitrogens with two attached hydrogens (primary N) is 2. The first-order chi connectivity index (χ1) is 19.8. The molecule has 0 radical (unpaired) electrons. The molecule has 0 aliphatic carbocycles. The third-order valence-electron chi connectivity index (χ3n) is 6.18. The second kappa shape index (κ2) is 12.2. The molecule has 0 saturated carbocycles. The van der Waals surface area contributed by atoms with Crippen LogP contribution in [0.5, 0.6) is 0 Å². The predicted molar refractivity (Wildman–Crippen MR) is 151 cm³/mol. The van der Waals surface area contributed by atoms with Crippen LogP contribution in [0, 0.1) is 0 Å². The summed E-state index contributed by atoms with van der Waals surface area (Å²) in [7, 11) is 0. The third-order valence-corrected chi connectivity index (χ3v) is 8.19. The molecule has 1 unspecified atom stereocenters. The molecule has 1 fully saturated rings. The van der Waals surface area contributed by atoms with Crippen molar-refractivity contribution in [3.05, 3.63) is 34.9 Å². The van der Waals surface area contributed by atoms with E-state index in [1.54, 1.807) is 10.8 Å². The number of fused-ring (bicyclic) bond motifs is 1. The molecule has 4 heterocycles. The molecule has 4 rings (SSSR count). The maximum absolute atomic E-state index is 13.2. The summed E-state index contributed by atoms with van der Waals surface area (Å²) in [6, 6.07) is -1.09. The Kier molecular flexibility index (Phi) is 8.83. The van der Waals surface area contributed by atoms with Crippen LogP contribution in [0.3, 0.4) is 0 Å². The molecule has 1 saturated heterocycles. The van der Waals surface area contributed by atoms with E-state index in [1.165, 1.54) is 37.3 Å². The minimum atomic E-state index is -1.77. The van der Waals surface area contributed by atoms with Crippen LogP contribution in [-0.4, -0.2) is 90.4 Å². The van der Waals surface area contributed by atoms with E-state index in [0.717, 1.165) is 16.2 Å². The van der Waals surface area contributed by atoms with Gasteiger partial charge in [0, 0.05) is 16.7 Å². The normalized spacial score (nSPS) is 18.7. The quantitative estimate of drug-likeness (QED) is 0.0567. The van der Waals surface area contributed by atoms with E-state index in [0.29, 0.717) is 24.4 Å². The molecule has 0 spiro atoms. The second-order valence-corrected chi connectivity index (χ2v) is 11.7. The lowest BCUT2D eigenvalue weighted by Gasteiger charge is -2.49. The van der Waals surface area contributed by atoms with Crippen molar-refractivity contribution in [1.29, 1.82) is 0 Å². The van der Waals surface area contributed by atoms with E-state index in [2.05, 4.69) is 31.5 Å². The first-order valence-corrected chi connectivity index (χ1v) is 14.4. The smallest absolute Gasteiger partial charge is 0.352 e. The number of β-lactam (4-membered cyclic amide) rings is 1. The summed E-state index contributed by atoms with van der Waals surface area (Å²) in [4.78, 5) is 64.5. The number of nitrogen functional groups attached to an aromatic ring is 2. The Labute approximate surface area is 246 Å². The fraction of sp³-hybridized carbons (Fsp3) is 0.391. The number of hydrogen-bond acceptors (Lipinski definition) is 13. The highest BCUT2D eigenvalue weighted by molar-refractivity contribution is 8.00. The van der Waals surface area contributed by atoms with Crippen LogP contribution in [0.4, 0.5) is 16.6 Å². The maximum atomic E-state index is 13.2. The second-order valence-electron chi connectivity index (χ2n) is 9.66. The molecule has 2 aromatic heterocycles. The molecule has 2 atom stereocenters. The van der Waals surface area contributed by atoms with Gasteiger partial charge in [-0.25, -0.2) is 19.1 Å². The van der Waals surface area contributed by atoms with E-state index < -0.39 is 46.5 Å². The molecule has 2 aliphatic heterocycles. The van der Waals surface area contributed by atoms with E-state index in [4.69, 9.17) is 16.3 Å². The van der Waals surface area contributed by atoms with Crippen LogP contribution in [-0.2, 0) is 30.6 Å². The Balaban J connectivity index is 1.54. The van der Waals surface area contributed by atoms with Gasteiger partial charge in [-0.1, -0.05) is 5.16 Å². The van der Waals surface area contributed by atoms with Gasteiger partial charge in [0.25, 0.3) is 24.0 Å². The van der Waals surface area contributed by atoms with Crippen molar-refractivity contribution in [3.8, 4) is 0 Å². The SMILES string of the molecule is CC(C)(O/N=C(\C(=O)N[C@@H]1C(=O)N2C(C(=O)O)=C(C[n+]3cnc(N)c(NCC[NH3+])c3)CSC12)c1csc(N)n1)C(=O)O. The van der Waals surface area contributed by atoms with Gasteiger partial charge in [-0.15, -0.1) is 23.1 Å². The van der Waals surface area contributed by atoms with Crippen molar-refractivity contribution < 1.29 is 44.5 Å². The summed E-state index contributed by atoms with van der Waals surface area (Å²) in [6.07, 6.45) is 3.16. The highest BCUT2D eigenvalue weighted by Gasteiger charge is 2.54. The molecule has 2 aliphatic rings. The molecule has 19 heteroatoms. The van der Waals surface area contributed by atoms with Crippen LogP contribution in [0.25, 0.3) is 0 Å². The number of thiazole rings is 1. The number of carbonyl (C=O) groups excluding carboxylic acids is 2. The van der Waals surface area contributed by atoms with Crippen molar-refractivity contribution in [2.45, 2.75) is 37.4 Å². The largest absolute Gasteiger partial charge is 0.478 e. The van der Waals surface area contributed by atoms with Crippen molar-refractivity contribution in [2.24, 2.45) is 5.16 Å². The lowest BCUT2D eigenvalue weighted by molar-refractivity contribution is -0.691. The van der Waals surface area contributed by atoms with Gasteiger partial charge in [-0.3, -0.25) is 14.5 Å². The highest BCUT2D eigenvalue weighted by Crippen LogP contribution is 2.40. The minimum absolute atomic E-state index is 0.0164. The molecule has 11 N–H and O–H groups in total. The molecule has 2 aromatic rings. The molecular weight excluding hydrogens is 592 g/mol. The number of nitrogens with one attached hydrogen (secondary N) is 2. The first-order valence-electron chi connectivity index (χ1n) is 12.4. The number of nitrogens with zero attached hydrogens (tertiary/aromatic N) is 5. The number of carboxylic acids is 2.